The number of hydrogen-bond donors (Lipinski definition) is 3. The molecular weight excluding hydrogens is 330 g/mol. The second-order valence-electron chi connectivity index (χ2n) is 5.85. The molecule has 0 aromatic heterocycles. The van der Waals surface area contributed by atoms with E-state index < -0.39 is 24.5 Å². The van der Waals surface area contributed by atoms with Crippen LogP contribution in [-0.2, 0) is 16.0 Å². The number of carbonyl (C=O) groups excluding carboxylic acids is 2. The normalized spacial score (nSPS) is 21.0. The number of rotatable bonds is 5. The van der Waals surface area contributed by atoms with E-state index in [1.54, 1.807) is 6.07 Å². The Balaban J connectivity index is 1.98. The molecule has 2 atom stereocenters. The SMILES string of the molecule is COc1cc2c(cc1OC)[C@H]1CNC(=O)N1[C@H](C(=O)NCC(=O)O)C2. The highest BCUT2D eigenvalue weighted by molar-refractivity contribution is 5.91. The van der Waals surface area contributed by atoms with Crippen LogP contribution in [-0.4, -0.2) is 61.3 Å². The molecule has 0 radical (unpaired) electrons. The first-order valence-electron chi connectivity index (χ1n) is 7.76. The van der Waals surface area contributed by atoms with Crippen molar-refractivity contribution in [3.63, 3.8) is 0 Å². The van der Waals surface area contributed by atoms with Gasteiger partial charge in [0.2, 0.25) is 5.91 Å². The maximum atomic E-state index is 12.4. The molecule has 1 saturated heterocycles. The van der Waals surface area contributed by atoms with Gasteiger partial charge in [-0.1, -0.05) is 0 Å². The fourth-order valence-electron chi connectivity index (χ4n) is 3.36. The van der Waals surface area contributed by atoms with Gasteiger partial charge in [0, 0.05) is 13.0 Å². The Bertz CT molecular complexity index is 735. The average Bonchev–Trinajstić information content (AvgIpc) is 2.99. The monoisotopic (exact) mass is 349 g/mol. The zero-order valence-electron chi connectivity index (χ0n) is 13.9. The number of hydrogen-bond acceptors (Lipinski definition) is 5. The third-order valence-corrected chi connectivity index (χ3v) is 4.49. The number of benzene rings is 1. The van der Waals surface area contributed by atoms with Gasteiger partial charge in [-0.25, -0.2) is 4.79 Å². The van der Waals surface area contributed by atoms with Crippen molar-refractivity contribution in [2.24, 2.45) is 0 Å². The first-order chi connectivity index (χ1) is 12.0. The van der Waals surface area contributed by atoms with Gasteiger partial charge in [-0.2, -0.15) is 0 Å². The summed E-state index contributed by atoms with van der Waals surface area (Å²) in [5.74, 6) is -0.547. The van der Waals surface area contributed by atoms with Gasteiger partial charge in [0.1, 0.15) is 12.6 Å². The zero-order valence-corrected chi connectivity index (χ0v) is 13.9. The van der Waals surface area contributed by atoms with Gasteiger partial charge in [-0.05, 0) is 23.3 Å². The van der Waals surface area contributed by atoms with Crippen LogP contribution in [0.2, 0.25) is 0 Å². The summed E-state index contributed by atoms with van der Waals surface area (Å²) in [5.41, 5.74) is 1.75. The highest BCUT2D eigenvalue weighted by Crippen LogP contribution is 2.41. The van der Waals surface area contributed by atoms with Crippen LogP contribution in [0.1, 0.15) is 17.2 Å². The van der Waals surface area contributed by atoms with Gasteiger partial charge in [-0.15, -0.1) is 0 Å². The van der Waals surface area contributed by atoms with E-state index in [1.807, 2.05) is 6.07 Å². The van der Waals surface area contributed by atoms with E-state index in [-0.39, 0.29) is 18.5 Å². The Kier molecular flexibility index (Phi) is 4.39. The second kappa shape index (κ2) is 6.50. The minimum atomic E-state index is -1.14. The molecule has 1 aromatic rings. The number of ether oxygens (including phenoxy) is 2. The molecule has 3 rings (SSSR count). The third-order valence-electron chi connectivity index (χ3n) is 4.49. The predicted molar refractivity (Wildman–Crippen MR) is 85.7 cm³/mol. The Morgan fingerprint density at radius 1 is 1.32 bits per heavy atom. The summed E-state index contributed by atoms with van der Waals surface area (Å²) < 4.78 is 10.6. The van der Waals surface area contributed by atoms with Crippen LogP contribution >= 0.6 is 0 Å². The van der Waals surface area contributed by atoms with Gasteiger partial charge < -0.3 is 30.1 Å². The van der Waals surface area contributed by atoms with E-state index in [1.165, 1.54) is 19.1 Å². The maximum Gasteiger partial charge on any atom is 0.322 e. The minimum Gasteiger partial charge on any atom is -0.493 e. The predicted octanol–water partition coefficient (Wildman–Crippen LogP) is -0.104. The molecular formula is C16H19N3O6. The lowest BCUT2D eigenvalue weighted by Crippen LogP contribution is -2.53. The van der Waals surface area contributed by atoms with Crippen LogP contribution < -0.4 is 20.1 Å². The lowest BCUT2D eigenvalue weighted by atomic mass is 9.88. The summed E-state index contributed by atoms with van der Waals surface area (Å²) >= 11 is 0. The van der Waals surface area contributed by atoms with Gasteiger partial charge in [-0.3, -0.25) is 9.59 Å². The first-order valence-corrected chi connectivity index (χ1v) is 7.76. The summed E-state index contributed by atoms with van der Waals surface area (Å²) in [5, 5.41) is 13.8. The zero-order chi connectivity index (χ0) is 18.1. The number of fused-ring (bicyclic) bond motifs is 3. The topological polar surface area (TPSA) is 117 Å². The summed E-state index contributed by atoms with van der Waals surface area (Å²) in [6, 6.07) is 2.17. The smallest absolute Gasteiger partial charge is 0.322 e. The molecule has 2 aliphatic rings. The van der Waals surface area contributed by atoms with Crippen LogP contribution in [0, 0.1) is 0 Å². The minimum absolute atomic E-state index is 0.269. The molecule has 0 saturated carbocycles. The van der Waals surface area contributed by atoms with Crippen molar-refractivity contribution in [2.45, 2.75) is 18.5 Å². The van der Waals surface area contributed by atoms with Crippen LogP contribution in [0.25, 0.3) is 0 Å². The molecule has 1 fully saturated rings. The van der Waals surface area contributed by atoms with Crippen molar-refractivity contribution >= 4 is 17.9 Å². The van der Waals surface area contributed by atoms with Crippen LogP contribution in [0.5, 0.6) is 11.5 Å². The van der Waals surface area contributed by atoms with E-state index in [0.29, 0.717) is 18.0 Å². The molecule has 9 nitrogen and oxygen atoms in total. The average molecular weight is 349 g/mol. The van der Waals surface area contributed by atoms with Crippen LogP contribution in [0.3, 0.4) is 0 Å². The molecule has 25 heavy (non-hydrogen) atoms. The Morgan fingerprint density at radius 2 is 2.00 bits per heavy atom. The number of aliphatic carboxylic acids is 1. The lowest BCUT2D eigenvalue weighted by Gasteiger charge is -2.37. The van der Waals surface area contributed by atoms with Gasteiger partial charge >= 0.3 is 12.0 Å². The van der Waals surface area contributed by atoms with E-state index >= 15 is 0 Å². The quantitative estimate of drug-likeness (QED) is 0.683. The van der Waals surface area contributed by atoms with E-state index in [2.05, 4.69) is 10.6 Å². The van der Waals surface area contributed by atoms with E-state index in [4.69, 9.17) is 14.6 Å². The van der Waals surface area contributed by atoms with E-state index in [9.17, 15) is 14.4 Å². The highest BCUT2D eigenvalue weighted by Gasteiger charge is 2.45. The molecule has 134 valence electrons. The number of nitrogens with one attached hydrogen (secondary N) is 2. The number of carboxylic acids is 1. The molecule has 0 bridgehead atoms. The molecule has 1 aromatic carbocycles. The van der Waals surface area contributed by atoms with Crippen molar-refractivity contribution in [1.29, 1.82) is 0 Å². The van der Waals surface area contributed by atoms with Gasteiger partial charge in [0.25, 0.3) is 0 Å². The van der Waals surface area contributed by atoms with Crippen molar-refractivity contribution in [2.75, 3.05) is 27.3 Å². The number of amides is 3. The van der Waals surface area contributed by atoms with Gasteiger partial charge in [0.15, 0.2) is 11.5 Å². The largest absolute Gasteiger partial charge is 0.493 e. The van der Waals surface area contributed by atoms with Crippen molar-refractivity contribution < 1.29 is 29.0 Å². The van der Waals surface area contributed by atoms with Crippen LogP contribution in [0.15, 0.2) is 12.1 Å². The summed E-state index contributed by atoms with van der Waals surface area (Å²) in [4.78, 5) is 36.8. The van der Waals surface area contributed by atoms with Crippen molar-refractivity contribution in [3.8, 4) is 11.5 Å². The third kappa shape index (κ3) is 2.92. The standard InChI is InChI=1S/C16H19N3O6/c1-24-12-4-8-3-10(15(22)17-7-14(20)21)19-11(6-18-16(19)23)9(8)5-13(12)25-2/h4-5,10-11H,3,6-7H2,1-2H3,(H,17,22)(H,18,23)(H,20,21)/t10-,11+/m0/s1. The van der Waals surface area contributed by atoms with E-state index in [0.717, 1.165) is 11.1 Å². The molecule has 0 spiro atoms. The molecule has 3 N–H and O–H groups in total. The Hall–Kier alpha value is -2.97. The first kappa shape index (κ1) is 16.9. The molecule has 2 heterocycles. The number of carbonyl (C=O) groups is 3. The molecule has 3 amide bonds. The number of urea groups is 1. The van der Waals surface area contributed by atoms with Gasteiger partial charge in [0.05, 0.1) is 20.3 Å². The fraction of sp³-hybridized carbons (Fsp3) is 0.438. The number of carboxylic acid groups (broad SMARTS) is 1. The Labute approximate surface area is 143 Å². The molecule has 0 aliphatic carbocycles. The maximum absolute atomic E-state index is 12.4. The van der Waals surface area contributed by atoms with Crippen molar-refractivity contribution in [3.05, 3.63) is 23.3 Å². The highest BCUT2D eigenvalue weighted by atomic mass is 16.5. The second-order valence-corrected chi connectivity index (χ2v) is 5.85. The summed E-state index contributed by atoms with van der Waals surface area (Å²) in [6.07, 6.45) is 0.269. The summed E-state index contributed by atoms with van der Waals surface area (Å²) in [6.45, 7) is -0.127. The van der Waals surface area contributed by atoms with Crippen LogP contribution in [0.4, 0.5) is 4.79 Å². The van der Waals surface area contributed by atoms with Crippen molar-refractivity contribution in [1.82, 2.24) is 15.5 Å². The fourth-order valence-corrected chi connectivity index (χ4v) is 3.36. The molecule has 0 unspecified atom stereocenters. The lowest BCUT2D eigenvalue weighted by molar-refractivity contribution is -0.138. The Morgan fingerprint density at radius 3 is 2.64 bits per heavy atom. The number of methoxy groups -OCH3 is 2. The number of nitrogens with zero attached hydrogens (tertiary/aromatic N) is 1. The summed E-state index contributed by atoms with van der Waals surface area (Å²) in [7, 11) is 3.06. The molecule has 2 aliphatic heterocycles. The molecule has 9 heteroatoms.